The molecule has 1 aromatic carbocycles. The first kappa shape index (κ1) is 11.6. The van der Waals surface area contributed by atoms with Crippen LogP contribution < -0.4 is 0 Å². The maximum absolute atomic E-state index is 11.4. The number of carbonyl (C=O) groups excluding carboxylic acids is 1. The largest absolute Gasteiger partial charge is 0.281 e. The van der Waals surface area contributed by atoms with Gasteiger partial charge in [-0.1, -0.05) is 62.2 Å². The zero-order valence-electron chi connectivity index (χ0n) is 8.01. The molecule has 0 saturated heterocycles. The number of carbonyl (C=O) groups is 1. The summed E-state index contributed by atoms with van der Waals surface area (Å²) >= 11 is 12.7. The first-order valence-electron chi connectivity index (χ1n) is 4.55. The smallest absolute Gasteiger partial charge is 0.230 e. The Morgan fingerprint density at radius 1 is 1.33 bits per heavy atom. The van der Waals surface area contributed by atoms with Gasteiger partial charge in [0.1, 0.15) is 3.23 Å². The summed E-state index contributed by atoms with van der Waals surface area (Å²) in [7, 11) is 0. The molecule has 0 radical (unpaired) electrons. The van der Waals surface area contributed by atoms with Gasteiger partial charge in [0.15, 0.2) is 0 Å². The third-order valence-corrected chi connectivity index (χ3v) is 6.05. The lowest BCUT2D eigenvalue weighted by Crippen LogP contribution is -2.11. The third kappa shape index (κ3) is 1.51. The van der Waals surface area contributed by atoms with Crippen molar-refractivity contribution in [2.45, 2.75) is 16.1 Å². The summed E-state index contributed by atoms with van der Waals surface area (Å²) in [5, 5.41) is -0.315. The van der Waals surface area contributed by atoms with Crippen LogP contribution in [0.4, 0.5) is 0 Å². The molecule has 0 heterocycles. The Hall–Kier alpha value is 0.140. The van der Waals surface area contributed by atoms with Crippen LogP contribution >= 0.6 is 43.5 Å². The molecule has 4 heteroatoms. The highest BCUT2D eigenvalue weighted by Crippen LogP contribution is 2.76. The van der Waals surface area contributed by atoms with Crippen LogP contribution in [0, 0.1) is 5.41 Å². The molecule has 1 saturated carbocycles. The van der Waals surface area contributed by atoms with Crippen LogP contribution in [0.3, 0.4) is 0 Å². The maximum Gasteiger partial charge on any atom is 0.230 e. The fourth-order valence-electron chi connectivity index (χ4n) is 1.96. The van der Waals surface area contributed by atoms with Gasteiger partial charge in [-0.15, -0.1) is 0 Å². The molecule has 15 heavy (non-hydrogen) atoms. The molecule has 0 aromatic heterocycles. The van der Waals surface area contributed by atoms with Crippen LogP contribution in [-0.2, 0) is 4.79 Å². The number of benzene rings is 1. The fourth-order valence-corrected chi connectivity index (χ4v) is 4.48. The van der Waals surface area contributed by atoms with E-state index < -0.39 is 8.65 Å². The standard InChI is InChI=1S/C11H9Br2ClO/c1-10(9(14)15)8(11(10,12)13)7-5-3-2-4-6-7/h2-6,8H,1H3/t8-,10-/m1/s1. The monoisotopic (exact) mass is 350 g/mol. The quantitative estimate of drug-likeness (QED) is 0.580. The lowest BCUT2D eigenvalue weighted by molar-refractivity contribution is -0.115. The third-order valence-electron chi connectivity index (χ3n) is 3.09. The summed E-state index contributed by atoms with van der Waals surface area (Å²) in [6.45, 7) is 1.86. The van der Waals surface area contributed by atoms with Crippen molar-refractivity contribution in [1.82, 2.24) is 0 Å². The van der Waals surface area contributed by atoms with E-state index >= 15 is 0 Å². The predicted octanol–water partition coefficient (Wildman–Crippen LogP) is 4.04. The molecule has 0 amide bonds. The van der Waals surface area contributed by atoms with E-state index in [2.05, 4.69) is 31.9 Å². The normalized spacial score (nSPS) is 32.4. The van der Waals surface area contributed by atoms with E-state index in [1.807, 2.05) is 37.3 Å². The van der Waals surface area contributed by atoms with Crippen LogP contribution in [0.15, 0.2) is 30.3 Å². The SMILES string of the molecule is C[C@]1(C(=O)Cl)[C@@H](c2ccccc2)C1(Br)Br. The summed E-state index contributed by atoms with van der Waals surface area (Å²) in [6, 6.07) is 9.89. The molecule has 1 aromatic rings. The Balaban J connectivity index is 2.39. The van der Waals surface area contributed by atoms with Crippen molar-refractivity contribution in [3.8, 4) is 0 Å². The molecule has 1 aliphatic rings. The van der Waals surface area contributed by atoms with Gasteiger partial charge in [0.25, 0.3) is 0 Å². The van der Waals surface area contributed by atoms with E-state index in [4.69, 9.17) is 11.6 Å². The Labute approximate surface area is 110 Å². The van der Waals surface area contributed by atoms with Crippen molar-refractivity contribution in [1.29, 1.82) is 0 Å². The highest BCUT2D eigenvalue weighted by molar-refractivity contribution is 9.25. The summed E-state index contributed by atoms with van der Waals surface area (Å²) in [5.41, 5.74) is 0.540. The molecule has 0 N–H and O–H groups in total. The molecule has 0 spiro atoms. The Kier molecular flexibility index (Phi) is 2.77. The Morgan fingerprint density at radius 2 is 1.87 bits per heavy atom. The van der Waals surface area contributed by atoms with Gasteiger partial charge in [-0.2, -0.15) is 0 Å². The van der Waals surface area contributed by atoms with E-state index in [-0.39, 0.29) is 11.2 Å². The topological polar surface area (TPSA) is 17.1 Å². The van der Waals surface area contributed by atoms with E-state index in [9.17, 15) is 4.79 Å². The van der Waals surface area contributed by atoms with Gasteiger partial charge in [0.05, 0.1) is 5.41 Å². The Bertz CT molecular complexity index is 404. The van der Waals surface area contributed by atoms with Crippen LogP contribution in [0.2, 0.25) is 0 Å². The van der Waals surface area contributed by atoms with Gasteiger partial charge in [-0.05, 0) is 24.1 Å². The second-order valence-electron chi connectivity index (χ2n) is 3.94. The number of rotatable bonds is 2. The second kappa shape index (κ2) is 3.57. The van der Waals surface area contributed by atoms with Crippen molar-refractivity contribution in [2.24, 2.45) is 5.41 Å². The highest BCUT2D eigenvalue weighted by Gasteiger charge is 2.76. The minimum atomic E-state index is -0.574. The van der Waals surface area contributed by atoms with Crippen LogP contribution in [0.1, 0.15) is 18.4 Å². The summed E-state index contributed by atoms with van der Waals surface area (Å²) in [5.74, 6) is 0.0798. The zero-order valence-corrected chi connectivity index (χ0v) is 11.9. The zero-order chi connectivity index (χ0) is 11.3. The second-order valence-corrected chi connectivity index (χ2v) is 7.85. The lowest BCUT2D eigenvalue weighted by atomic mass is 10.0. The number of hydrogen-bond donors (Lipinski definition) is 0. The molecule has 0 unspecified atom stereocenters. The first-order valence-corrected chi connectivity index (χ1v) is 6.51. The van der Waals surface area contributed by atoms with Crippen LogP contribution in [0.25, 0.3) is 0 Å². The van der Waals surface area contributed by atoms with Crippen molar-refractivity contribution in [3.63, 3.8) is 0 Å². The lowest BCUT2D eigenvalue weighted by Gasteiger charge is -2.04. The molecule has 1 aliphatic carbocycles. The summed E-state index contributed by atoms with van der Waals surface area (Å²) < 4.78 is -0.410. The maximum atomic E-state index is 11.4. The Morgan fingerprint density at radius 3 is 2.27 bits per heavy atom. The molecule has 1 nitrogen and oxygen atoms in total. The molecule has 1 fully saturated rings. The van der Waals surface area contributed by atoms with Crippen LogP contribution in [0.5, 0.6) is 0 Å². The summed E-state index contributed by atoms with van der Waals surface area (Å²) in [6.07, 6.45) is 0. The van der Waals surface area contributed by atoms with Gasteiger partial charge in [0, 0.05) is 5.92 Å². The molecule has 0 aliphatic heterocycles. The van der Waals surface area contributed by atoms with E-state index in [0.29, 0.717) is 0 Å². The molecular formula is C11H9Br2ClO. The van der Waals surface area contributed by atoms with E-state index in [0.717, 1.165) is 5.56 Å². The van der Waals surface area contributed by atoms with Gasteiger partial charge >= 0.3 is 0 Å². The molecule has 2 rings (SSSR count). The number of alkyl halides is 2. The van der Waals surface area contributed by atoms with E-state index in [1.54, 1.807) is 0 Å². The van der Waals surface area contributed by atoms with Crippen molar-refractivity contribution in [3.05, 3.63) is 35.9 Å². The minimum absolute atomic E-state index is 0.0798. The molecule has 0 bridgehead atoms. The summed E-state index contributed by atoms with van der Waals surface area (Å²) in [4.78, 5) is 11.4. The molecule has 80 valence electrons. The number of hydrogen-bond acceptors (Lipinski definition) is 1. The fraction of sp³-hybridized carbons (Fsp3) is 0.364. The van der Waals surface area contributed by atoms with Crippen molar-refractivity contribution >= 4 is 48.7 Å². The van der Waals surface area contributed by atoms with Crippen LogP contribution in [-0.4, -0.2) is 8.48 Å². The highest BCUT2D eigenvalue weighted by atomic mass is 79.9. The average molecular weight is 352 g/mol. The van der Waals surface area contributed by atoms with Crippen molar-refractivity contribution < 1.29 is 4.79 Å². The minimum Gasteiger partial charge on any atom is -0.281 e. The number of halogens is 3. The molecular weight excluding hydrogens is 343 g/mol. The van der Waals surface area contributed by atoms with Gasteiger partial charge in [-0.3, -0.25) is 4.79 Å². The first-order chi connectivity index (χ1) is 6.92. The van der Waals surface area contributed by atoms with Gasteiger partial charge in [0.2, 0.25) is 5.24 Å². The van der Waals surface area contributed by atoms with Gasteiger partial charge < -0.3 is 0 Å². The van der Waals surface area contributed by atoms with E-state index in [1.165, 1.54) is 0 Å². The van der Waals surface area contributed by atoms with Gasteiger partial charge in [-0.25, -0.2) is 0 Å². The average Bonchev–Trinajstić information content (AvgIpc) is 2.64. The predicted molar refractivity (Wildman–Crippen MR) is 68.7 cm³/mol. The van der Waals surface area contributed by atoms with Crippen molar-refractivity contribution in [2.75, 3.05) is 0 Å². The molecule has 2 atom stereocenters.